The number of aliphatic hydroxyl groups excluding tert-OH is 1. The van der Waals surface area contributed by atoms with Gasteiger partial charge in [0.1, 0.15) is 0 Å². The fraction of sp³-hybridized carbons (Fsp3) is 0.429. The van der Waals surface area contributed by atoms with Crippen molar-refractivity contribution in [2.24, 2.45) is 0 Å². The van der Waals surface area contributed by atoms with Crippen molar-refractivity contribution in [2.45, 2.75) is 44.2 Å². The van der Waals surface area contributed by atoms with Gasteiger partial charge < -0.3 is 15.7 Å². The Morgan fingerprint density at radius 3 is 2.67 bits per heavy atom. The molecule has 0 saturated heterocycles. The molecule has 3 rings (SSSR count). The summed E-state index contributed by atoms with van der Waals surface area (Å²) in [6.07, 6.45) is 2.79. The van der Waals surface area contributed by atoms with E-state index in [1.165, 1.54) is 23.2 Å². The zero-order chi connectivity index (χ0) is 16.8. The predicted molar refractivity (Wildman–Crippen MR) is 100 cm³/mol. The van der Waals surface area contributed by atoms with Crippen LogP contribution in [0, 0.1) is 0 Å². The van der Waals surface area contributed by atoms with Crippen molar-refractivity contribution in [2.75, 3.05) is 18.4 Å². The van der Waals surface area contributed by atoms with Gasteiger partial charge in [-0.05, 0) is 49.3 Å². The van der Waals surface area contributed by atoms with E-state index >= 15 is 0 Å². The number of hydrogen-bond donors (Lipinski definition) is 3. The number of rotatable bonds is 6. The Kier molecular flexibility index (Phi) is 5.89. The zero-order valence-corrected chi connectivity index (χ0v) is 14.4. The lowest BCUT2D eigenvalue weighted by molar-refractivity contribution is 0.172. The highest BCUT2D eigenvalue weighted by Gasteiger charge is 2.20. The molecule has 3 nitrogen and oxygen atoms in total. The van der Waals surface area contributed by atoms with Crippen LogP contribution >= 0.6 is 0 Å². The first-order valence-electron chi connectivity index (χ1n) is 9.03. The smallest absolute Gasteiger partial charge is 0.0518 e. The first-order chi connectivity index (χ1) is 11.7. The highest BCUT2D eigenvalue weighted by atomic mass is 16.3. The maximum atomic E-state index is 9.89. The van der Waals surface area contributed by atoms with E-state index in [1.54, 1.807) is 0 Å². The van der Waals surface area contributed by atoms with Crippen LogP contribution in [0.5, 0.6) is 0 Å². The Morgan fingerprint density at radius 1 is 1.12 bits per heavy atom. The molecule has 3 atom stereocenters. The van der Waals surface area contributed by atoms with E-state index < -0.39 is 0 Å². The topological polar surface area (TPSA) is 44.3 Å². The maximum Gasteiger partial charge on any atom is 0.0518 e. The van der Waals surface area contributed by atoms with Gasteiger partial charge in [0.25, 0.3) is 0 Å². The average molecular weight is 324 g/mol. The highest BCUT2D eigenvalue weighted by Crippen LogP contribution is 2.30. The second-order valence-corrected chi connectivity index (χ2v) is 6.81. The normalized spacial score (nSPS) is 19.7. The van der Waals surface area contributed by atoms with Crippen LogP contribution < -0.4 is 10.6 Å². The molecule has 2 aromatic carbocycles. The van der Waals surface area contributed by atoms with Gasteiger partial charge in [-0.1, -0.05) is 48.5 Å². The van der Waals surface area contributed by atoms with E-state index in [0.717, 1.165) is 25.9 Å². The summed E-state index contributed by atoms with van der Waals surface area (Å²) in [6.45, 7) is 3.79. The first-order valence-corrected chi connectivity index (χ1v) is 9.03. The summed E-state index contributed by atoms with van der Waals surface area (Å²) >= 11 is 0. The quantitative estimate of drug-likeness (QED) is 0.750. The van der Waals surface area contributed by atoms with E-state index in [4.69, 9.17) is 0 Å². The number of fused-ring (bicyclic) bond motifs is 1. The van der Waals surface area contributed by atoms with Crippen molar-refractivity contribution >= 4 is 5.69 Å². The van der Waals surface area contributed by atoms with E-state index in [0.29, 0.717) is 12.0 Å². The largest absolute Gasteiger partial charge is 0.393 e. The molecular formula is C21H28N2O. The molecule has 1 aliphatic rings. The van der Waals surface area contributed by atoms with E-state index in [-0.39, 0.29) is 6.10 Å². The van der Waals surface area contributed by atoms with Crippen LogP contribution in [0.4, 0.5) is 5.69 Å². The molecular weight excluding hydrogens is 296 g/mol. The van der Waals surface area contributed by atoms with Crippen molar-refractivity contribution < 1.29 is 5.11 Å². The minimum atomic E-state index is -0.292. The van der Waals surface area contributed by atoms with Crippen molar-refractivity contribution in [1.29, 1.82) is 0 Å². The fourth-order valence-corrected chi connectivity index (χ4v) is 3.62. The second kappa shape index (κ2) is 8.32. The summed E-state index contributed by atoms with van der Waals surface area (Å²) in [6, 6.07) is 19.5. The molecule has 0 unspecified atom stereocenters. The minimum absolute atomic E-state index is 0.292. The molecule has 0 spiro atoms. The SMILES string of the molecule is C[C@H](O)C[C@H](CN[C@H]1CCCNc2ccccc21)c1ccccc1. The summed E-state index contributed by atoms with van der Waals surface area (Å²) < 4.78 is 0. The molecule has 0 radical (unpaired) electrons. The molecule has 128 valence electrons. The van der Waals surface area contributed by atoms with Crippen LogP contribution in [-0.4, -0.2) is 24.3 Å². The number of para-hydroxylation sites is 1. The summed E-state index contributed by atoms with van der Waals surface area (Å²) in [4.78, 5) is 0. The third kappa shape index (κ3) is 4.37. The van der Waals surface area contributed by atoms with E-state index in [2.05, 4.69) is 59.2 Å². The van der Waals surface area contributed by atoms with Crippen molar-refractivity contribution in [3.05, 3.63) is 65.7 Å². The lowest BCUT2D eigenvalue weighted by Crippen LogP contribution is -2.28. The van der Waals surface area contributed by atoms with Gasteiger partial charge in [-0.3, -0.25) is 0 Å². The van der Waals surface area contributed by atoms with Crippen LogP contribution in [0.25, 0.3) is 0 Å². The summed E-state index contributed by atoms with van der Waals surface area (Å²) in [5, 5.41) is 17.2. The zero-order valence-electron chi connectivity index (χ0n) is 14.4. The van der Waals surface area contributed by atoms with Gasteiger partial charge >= 0.3 is 0 Å². The third-order valence-electron chi connectivity index (χ3n) is 4.83. The molecule has 24 heavy (non-hydrogen) atoms. The lowest BCUT2D eigenvalue weighted by atomic mass is 9.92. The van der Waals surface area contributed by atoms with Crippen LogP contribution in [0.2, 0.25) is 0 Å². The number of aliphatic hydroxyl groups is 1. The molecule has 3 N–H and O–H groups in total. The molecule has 0 aromatic heterocycles. The van der Waals surface area contributed by atoms with Gasteiger partial charge in [-0.2, -0.15) is 0 Å². The number of benzene rings is 2. The van der Waals surface area contributed by atoms with Crippen LogP contribution in [0.3, 0.4) is 0 Å². The minimum Gasteiger partial charge on any atom is -0.393 e. The average Bonchev–Trinajstić information content (AvgIpc) is 2.81. The second-order valence-electron chi connectivity index (χ2n) is 6.81. The first kappa shape index (κ1) is 17.0. The molecule has 0 fully saturated rings. The monoisotopic (exact) mass is 324 g/mol. The maximum absolute atomic E-state index is 9.89. The molecule has 0 aliphatic carbocycles. The Morgan fingerprint density at radius 2 is 1.88 bits per heavy atom. The predicted octanol–water partition coefficient (Wildman–Crippen LogP) is 4.08. The fourth-order valence-electron chi connectivity index (χ4n) is 3.62. The third-order valence-corrected chi connectivity index (χ3v) is 4.83. The Hall–Kier alpha value is -1.84. The molecule has 0 saturated carbocycles. The molecule has 0 bridgehead atoms. The standard InChI is InChI=1S/C21H28N2O/c1-16(24)14-18(17-8-3-2-4-9-17)15-23-21-12-7-13-22-20-11-6-5-10-19(20)21/h2-6,8-11,16,18,21-24H,7,12-15H2,1H3/t16-,18+,21-/m0/s1. The van der Waals surface area contributed by atoms with Gasteiger partial charge in [0.2, 0.25) is 0 Å². The summed E-state index contributed by atoms with van der Waals surface area (Å²) in [7, 11) is 0. The number of nitrogens with one attached hydrogen (secondary N) is 2. The van der Waals surface area contributed by atoms with E-state index in [9.17, 15) is 5.11 Å². The van der Waals surface area contributed by atoms with Crippen LogP contribution in [0.1, 0.15) is 49.3 Å². The Balaban J connectivity index is 1.72. The Labute approximate surface area is 145 Å². The van der Waals surface area contributed by atoms with Crippen LogP contribution in [-0.2, 0) is 0 Å². The molecule has 2 aromatic rings. The van der Waals surface area contributed by atoms with Gasteiger partial charge in [-0.15, -0.1) is 0 Å². The molecule has 1 aliphatic heterocycles. The summed E-state index contributed by atoms with van der Waals surface area (Å²) in [5.41, 5.74) is 3.91. The molecule has 3 heteroatoms. The summed E-state index contributed by atoms with van der Waals surface area (Å²) in [5.74, 6) is 0.328. The number of hydrogen-bond acceptors (Lipinski definition) is 3. The molecule has 1 heterocycles. The highest BCUT2D eigenvalue weighted by molar-refractivity contribution is 5.53. The van der Waals surface area contributed by atoms with Gasteiger partial charge in [0.15, 0.2) is 0 Å². The van der Waals surface area contributed by atoms with E-state index in [1.807, 2.05) is 13.0 Å². The number of anilines is 1. The van der Waals surface area contributed by atoms with Gasteiger partial charge in [0.05, 0.1) is 6.10 Å². The van der Waals surface area contributed by atoms with Crippen LogP contribution in [0.15, 0.2) is 54.6 Å². The van der Waals surface area contributed by atoms with Crippen molar-refractivity contribution in [1.82, 2.24) is 5.32 Å². The molecule has 0 amide bonds. The van der Waals surface area contributed by atoms with Crippen molar-refractivity contribution in [3.8, 4) is 0 Å². The van der Waals surface area contributed by atoms with Gasteiger partial charge in [0, 0.05) is 24.8 Å². The Bertz CT molecular complexity index is 627. The van der Waals surface area contributed by atoms with Gasteiger partial charge in [-0.25, -0.2) is 0 Å². The lowest BCUT2D eigenvalue weighted by Gasteiger charge is -2.24. The van der Waals surface area contributed by atoms with Crippen molar-refractivity contribution in [3.63, 3.8) is 0 Å².